The number of methoxy groups -OCH3 is 1. The highest BCUT2D eigenvalue weighted by atomic mass is 16.5. The van der Waals surface area contributed by atoms with Gasteiger partial charge in [0.15, 0.2) is 5.82 Å². The first-order chi connectivity index (χ1) is 12.7. The van der Waals surface area contributed by atoms with Crippen LogP contribution in [0.2, 0.25) is 0 Å². The van der Waals surface area contributed by atoms with E-state index in [2.05, 4.69) is 30.3 Å². The molecule has 0 radical (unpaired) electrons. The third-order valence-corrected chi connectivity index (χ3v) is 4.13. The fraction of sp³-hybridized carbons (Fsp3) is 0.562. The van der Waals surface area contributed by atoms with E-state index in [1.54, 1.807) is 30.5 Å². The molecule has 3 rings (SSSR count). The molecule has 1 saturated heterocycles. The average molecular weight is 361 g/mol. The zero-order valence-corrected chi connectivity index (χ0v) is 15.0. The monoisotopic (exact) mass is 361 g/mol. The maximum Gasteiger partial charge on any atom is 0.318 e. The zero-order chi connectivity index (χ0) is 18.4. The van der Waals surface area contributed by atoms with Crippen molar-refractivity contribution in [3.63, 3.8) is 0 Å². The number of aromatic nitrogens is 4. The van der Waals surface area contributed by atoms with Gasteiger partial charge in [-0.2, -0.15) is 4.98 Å². The summed E-state index contributed by atoms with van der Waals surface area (Å²) >= 11 is 0. The molecule has 0 unspecified atom stereocenters. The van der Waals surface area contributed by atoms with Crippen molar-refractivity contribution in [3.05, 3.63) is 30.2 Å². The van der Waals surface area contributed by atoms with Gasteiger partial charge in [0.2, 0.25) is 11.8 Å². The van der Waals surface area contributed by atoms with E-state index in [4.69, 9.17) is 9.26 Å². The Morgan fingerprint density at radius 2 is 2.04 bits per heavy atom. The van der Waals surface area contributed by atoms with Crippen molar-refractivity contribution in [3.8, 4) is 0 Å². The molecule has 2 amide bonds. The molecule has 0 bridgehead atoms. The fourth-order valence-electron chi connectivity index (χ4n) is 2.64. The molecule has 2 aromatic rings. The van der Waals surface area contributed by atoms with Gasteiger partial charge in [-0.3, -0.25) is 0 Å². The number of piperazine rings is 1. The molecule has 10 nitrogen and oxygen atoms in total. The Morgan fingerprint density at radius 3 is 2.73 bits per heavy atom. The van der Waals surface area contributed by atoms with Gasteiger partial charge in [0.05, 0.1) is 6.61 Å². The van der Waals surface area contributed by atoms with Gasteiger partial charge in [-0.1, -0.05) is 5.16 Å². The van der Waals surface area contributed by atoms with Crippen LogP contribution in [-0.2, 0) is 11.2 Å². The van der Waals surface area contributed by atoms with Gasteiger partial charge < -0.3 is 24.4 Å². The summed E-state index contributed by atoms with van der Waals surface area (Å²) in [5.74, 6) is 1.65. The molecule has 1 aliphatic heterocycles. The van der Waals surface area contributed by atoms with Crippen LogP contribution in [0.5, 0.6) is 0 Å². The summed E-state index contributed by atoms with van der Waals surface area (Å²) in [6.07, 6.45) is 4.01. The quantitative estimate of drug-likeness (QED) is 0.798. The molecule has 0 saturated carbocycles. The number of urea groups is 1. The lowest BCUT2D eigenvalue weighted by Crippen LogP contribution is -2.52. The standard InChI is InChI=1S/C16H23N7O3/c1-12(14-20-13(21-26-14)4-11-25-2)19-16(24)23-9-7-22(8-10-23)15-17-5-3-6-18-15/h3,5-6,12H,4,7-11H2,1-2H3,(H,19,24)/t12-/m0/s1. The number of rotatable bonds is 6. The normalized spacial score (nSPS) is 15.8. The van der Waals surface area contributed by atoms with Gasteiger partial charge >= 0.3 is 6.03 Å². The summed E-state index contributed by atoms with van der Waals surface area (Å²) < 4.78 is 10.2. The Bertz CT molecular complexity index is 701. The minimum absolute atomic E-state index is 0.150. The van der Waals surface area contributed by atoms with Crippen LogP contribution in [0.3, 0.4) is 0 Å². The van der Waals surface area contributed by atoms with Gasteiger partial charge in [0, 0.05) is 52.1 Å². The number of hydrogen-bond donors (Lipinski definition) is 1. The van der Waals surface area contributed by atoms with E-state index in [1.807, 2.05) is 6.92 Å². The molecular formula is C16H23N7O3. The summed E-state index contributed by atoms with van der Waals surface area (Å²) in [6, 6.07) is 1.27. The van der Waals surface area contributed by atoms with Gasteiger partial charge in [-0.05, 0) is 13.0 Å². The average Bonchev–Trinajstić information content (AvgIpc) is 3.16. The first kappa shape index (κ1) is 18.1. The van der Waals surface area contributed by atoms with E-state index in [0.29, 0.717) is 56.9 Å². The van der Waals surface area contributed by atoms with E-state index in [1.165, 1.54) is 0 Å². The summed E-state index contributed by atoms with van der Waals surface area (Å²) in [4.78, 5) is 29.1. The second-order valence-electron chi connectivity index (χ2n) is 5.99. The van der Waals surface area contributed by atoms with Gasteiger partial charge in [0.1, 0.15) is 6.04 Å². The number of ether oxygens (including phenoxy) is 1. The lowest BCUT2D eigenvalue weighted by atomic mass is 10.3. The highest BCUT2D eigenvalue weighted by Gasteiger charge is 2.25. The van der Waals surface area contributed by atoms with E-state index < -0.39 is 0 Å². The molecule has 1 N–H and O–H groups in total. The lowest BCUT2D eigenvalue weighted by molar-refractivity contribution is 0.188. The smallest absolute Gasteiger partial charge is 0.318 e. The molecule has 1 aliphatic rings. The van der Waals surface area contributed by atoms with E-state index in [0.717, 1.165) is 0 Å². The van der Waals surface area contributed by atoms with Crippen molar-refractivity contribution in [1.29, 1.82) is 0 Å². The van der Waals surface area contributed by atoms with Crippen LogP contribution in [0.1, 0.15) is 24.7 Å². The minimum atomic E-state index is -0.359. The Labute approximate surface area is 151 Å². The van der Waals surface area contributed by atoms with Crippen LogP contribution in [0.15, 0.2) is 23.0 Å². The molecule has 0 spiro atoms. The molecule has 1 atom stereocenters. The molecule has 1 fully saturated rings. The molecule has 26 heavy (non-hydrogen) atoms. The number of hydrogen-bond acceptors (Lipinski definition) is 8. The Balaban J connectivity index is 1.48. The Hall–Kier alpha value is -2.75. The molecule has 2 aromatic heterocycles. The highest BCUT2D eigenvalue weighted by Crippen LogP contribution is 2.13. The van der Waals surface area contributed by atoms with Crippen LogP contribution in [-0.4, -0.2) is 70.9 Å². The van der Waals surface area contributed by atoms with E-state index >= 15 is 0 Å². The third-order valence-electron chi connectivity index (χ3n) is 4.13. The summed E-state index contributed by atoms with van der Waals surface area (Å²) in [6.45, 7) is 4.91. The largest absolute Gasteiger partial charge is 0.384 e. The number of nitrogens with zero attached hydrogens (tertiary/aromatic N) is 6. The first-order valence-electron chi connectivity index (χ1n) is 8.56. The molecule has 140 valence electrons. The number of nitrogens with one attached hydrogen (secondary N) is 1. The second kappa shape index (κ2) is 8.56. The summed E-state index contributed by atoms with van der Waals surface area (Å²) in [7, 11) is 1.62. The van der Waals surface area contributed by atoms with Crippen LogP contribution in [0.4, 0.5) is 10.7 Å². The van der Waals surface area contributed by atoms with Crippen molar-refractivity contribution >= 4 is 12.0 Å². The Kier molecular flexibility index (Phi) is 5.95. The van der Waals surface area contributed by atoms with Crippen molar-refractivity contribution in [2.75, 3.05) is 44.8 Å². The molecular weight excluding hydrogens is 338 g/mol. The maximum absolute atomic E-state index is 12.5. The number of carbonyl (C=O) groups is 1. The van der Waals surface area contributed by atoms with Crippen molar-refractivity contribution in [2.45, 2.75) is 19.4 Å². The molecule has 0 aliphatic carbocycles. The van der Waals surface area contributed by atoms with E-state index in [9.17, 15) is 4.79 Å². The SMILES string of the molecule is COCCc1noc([C@H](C)NC(=O)N2CCN(c3ncccn3)CC2)n1. The van der Waals surface area contributed by atoms with E-state index in [-0.39, 0.29) is 12.1 Å². The number of amides is 2. The molecule has 0 aromatic carbocycles. The van der Waals surface area contributed by atoms with Crippen LogP contribution >= 0.6 is 0 Å². The van der Waals surface area contributed by atoms with Crippen LogP contribution in [0, 0.1) is 0 Å². The summed E-state index contributed by atoms with van der Waals surface area (Å²) in [5, 5.41) is 6.79. The van der Waals surface area contributed by atoms with Crippen molar-refractivity contribution < 1.29 is 14.1 Å². The van der Waals surface area contributed by atoms with Crippen molar-refractivity contribution in [1.82, 2.24) is 30.3 Å². The summed E-state index contributed by atoms with van der Waals surface area (Å²) in [5.41, 5.74) is 0. The van der Waals surface area contributed by atoms with Crippen molar-refractivity contribution in [2.24, 2.45) is 0 Å². The number of anilines is 1. The predicted molar refractivity (Wildman–Crippen MR) is 92.6 cm³/mol. The van der Waals surface area contributed by atoms with Gasteiger partial charge in [-0.15, -0.1) is 0 Å². The Morgan fingerprint density at radius 1 is 1.31 bits per heavy atom. The first-order valence-corrected chi connectivity index (χ1v) is 8.56. The maximum atomic E-state index is 12.5. The third kappa shape index (κ3) is 4.45. The predicted octanol–water partition coefficient (Wildman–Crippen LogP) is 0.641. The second-order valence-corrected chi connectivity index (χ2v) is 5.99. The zero-order valence-electron chi connectivity index (χ0n) is 15.0. The topological polar surface area (TPSA) is 110 Å². The molecule has 3 heterocycles. The van der Waals surface area contributed by atoms with Gasteiger partial charge in [0.25, 0.3) is 0 Å². The van der Waals surface area contributed by atoms with Crippen LogP contribution in [0.25, 0.3) is 0 Å². The fourth-order valence-corrected chi connectivity index (χ4v) is 2.64. The number of carbonyl (C=O) groups excluding carboxylic acids is 1. The van der Waals surface area contributed by atoms with Gasteiger partial charge in [-0.25, -0.2) is 14.8 Å². The van der Waals surface area contributed by atoms with Crippen LogP contribution < -0.4 is 10.2 Å². The lowest BCUT2D eigenvalue weighted by Gasteiger charge is -2.34. The highest BCUT2D eigenvalue weighted by molar-refractivity contribution is 5.74. The minimum Gasteiger partial charge on any atom is -0.384 e. The molecule has 10 heteroatoms.